The van der Waals surface area contributed by atoms with Crippen molar-refractivity contribution in [1.82, 2.24) is 0 Å². The highest BCUT2D eigenvalue weighted by molar-refractivity contribution is 5.30. The third-order valence-electron chi connectivity index (χ3n) is 8.14. The summed E-state index contributed by atoms with van der Waals surface area (Å²) in [6.45, 7) is 1.44. The first-order chi connectivity index (χ1) is 18.3. The van der Waals surface area contributed by atoms with Crippen molar-refractivity contribution in [1.29, 1.82) is 0 Å². The molecule has 3 unspecified atom stereocenters. The first kappa shape index (κ1) is 28.1. The summed E-state index contributed by atoms with van der Waals surface area (Å²) in [5, 5.41) is 10.1. The molecule has 3 aliphatic heterocycles. The van der Waals surface area contributed by atoms with Gasteiger partial charge in [-0.15, -0.1) is 0 Å². The van der Waals surface area contributed by atoms with Gasteiger partial charge in [0, 0.05) is 26.1 Å². The van der Waals surface area contributed by atoms with Crippen LogP contribution in [0.3, 0.4) is 0 Å². The summed E-state index contributed by atoms with van der Waals surface area (Å²) in [7, 11) is 0. The summed E-state index contributed by atoms with van der Waals surface area (Å²) in [4.78, 5) is 0. The lowest BCUT2D eigenvalue weighted by atomic mass is 9.87. The molecule has 0 amide bonds. The molecule has 1 saturated carbocycles. The van der Waals surface area contributed by atoms with Crippen LogP contribution in [-0.2, 0) is 29.9 Å². The van der Waals surface area contributed by atoms with E-state index in [1.165, 1.54) is 12.1 Å². The van der Waals surface area contributed by atoms with Crippen LogP contribution >= 0.6 is 0 Å². The molecule has 214 valence electrons. The lowest BCUT2D eigenvalue weighted by Crippen LogP contribution is -2.34. The Hall–Kier alpha value is -1.43. The van der Waals surface area contributed by atoms with E-state index < -0.39 is 18.0 Å². The lowest BCUT2D eigenvalue weighted by Gasteiger charge is -2.32. The number of ether oxygens (including phenoxy) is 6. The second-order valence-electron chi connectivity index (χ2n) is 10.9. The zero-order chi connectivity index (χ0) is 26.5. The number of rotatable bonds is 10. The van der Waals surface area contributed by atoms with Crippen molar-refractivity contribution >= 4 is 0 Å². The summed E-state index contributed by atoms with van der Waals surface area (Å²) in [5.41, 5.74) is -0.746. The molecular formula is C28H39F3O7. The lowest BCUT2D eigenvalue weighted by molar-refractivity contribution is -0.204. The number of benzene rings is 1. The van der Waals surface area contributed by atoms with Crippen molar-refractivity contribution in [2.45, 2.75) is 108 Å². The van der Waals surface area contributed by atoms with Crippen LogP contribution in [0, 0.1) is 11.8 Å². The van der Waals surface area contributed by atoms with E-state index in [-0.39, 0.29) is 55.1 Å². The van der Waals surface area contributed by atoms with Gasteiger partial charge in [0.25, 0.3) is 0 Å². The number of hydrogen-bond donors (Lipinski definition) is 1. The molecule has 0 radical (unpaired) electrons. The number of alkyl halides is 3. The van der Waals surface area contributed by atoms with E-state index in [0.29, 0.717) is 32.5 Å². The van der Waals surface area contributed by atoms with Gasteiger partial charge in [-0.1, -0.05) is 6.07 Å². The van der Waals surface area contributed by atoms with Gasteiger partial charge in [-0.05, 0) is 81.4 Å². The van der Waals surface area contributed by atoms with E-state index in [0.717, 1.165) is 57.1 Å². The first-order valence-electron chi connectivity index (χ1n) is 14.0. The Morgan fingerprint density at radius 1 is 1.00 bits per heavy atom. The van der Waals surface area contributed by atoms with Crippen molar-refractivity contribution in [2.24, 2.45) is 11.8 Å². The molecule has 1 N–H and O–H groups in total. The molecule has 1 aromatic rings. The van der Waals surface area contributed by atoms with Gasteiger partial charge in [0.1, 0.15) is 12.4 Å². The predicted molar refractivity (Wildman–Crippen MR) is 130 cm³/mol. The summed E-state index contributed by atoms with van der Waals surface area (Å²) in [5.74, 6) is 0.478. The number of fused-ring (bicyclic) bond motifs is 1. The Bertz CT molecular complexity index is 872. The summed E-state index contributed by atoms with van der Waals surface area (Å²) >= 11 is 0. The molecule has 4 aliphatic rings. The quantitative estimate of drug-likeness (QED) is 0.421. The minimum atomic E-state index is -4.44. The third-order valence-corrected chi connectivity index (χ3v) is 8.14. The van der Waals surface area contributed by atoms with Gasteiger partial charge in [-0.2, -0.15) is 13.2 Å². The molecule has 0 spiro atoms. The van der Waals surface area contributed by atoms with Crippen molar-refractivity contribution in [2.75, 3.05) is 19.8 Å². The van der Waals surface area contributed by atoms with Crippen LogP contribution in [0.2, 0.25) is 0 Å². The fourth-order valence-corrected chi connectivity index (χ4v) is 6.23. The maximum Gasteiger partial charge on any atom is 0.416 e. The average molecular weight is 545 g/mol. The van der Waals surface area contributed by atoms with E-state index in [1.54, 1.807) is 0 Å². The van der Waals surface area contributed by atoms with Crippen molar-refractivity contribution in [3.8, 4) is 5.75 Å². The van der Waals surface area contributed by atoms with Gasteiger partial charge in [0.2, 0.25) is 0 Å². The van der Waals surface area contributed by atoms with Crippen LogP contribution < -0.4 is 4.74 Å². The molecule has 1 aliphatic carbocycles. The second-order valence-corrected chi connectivity index (χ2v) is 10.9. The van der Waals surface area contributed by atoms with Crippen LogP contribution in [0.15, 0.2) is 24.3 Å². The Morgan fingerprint density at radius 2 is 1.76 bits per heavy atom. The maximum atomic E-state index is 13.2. The van der Waals surface area contributed by atoms with Gasteiger partial charge in [-0.25, -0.2) is 0 Å². The third kappa shape index (κ3) is 7.40. The fraction of sp³-hybridized carbons (Fsp3) is 0.786. The first-order valence-corrected chi connectivity index (χ1v) is 14.0. The summed E-state index contributed by atoms with van der Waals surface area (Å²) in [6, 6.07) is 4.91. The van der Waals surface area contributed by atoms with Crippen molar-refractivity contribution < 1.29 is 46.7 Å². The molecule has 4 fully saturated rings. The Labute approximate surface area is 221 Å². The number of halogens is 3. The van der Waals surface area contributed by atoms with E-state index >= 15 is 0 Å². The van der Waals surface area contributed by atoms with E-state index in [9.17, 15) is 18.3 Å². The highest BCUT2D eigenvalue weighted by atomic mass is 19.4. The Balaban J connectivity index is 1.24. The van der Waals surface area contributed by atoms with E-state index in [4.69, 9.17) is 28.4 Å². The standard InChI is InChI=1S/C28H39F3O7/c29-28(30,31)18-6-5-7-19(14-18)35-17-20(36-26-8-1-3-12-33-26)10-11-21-22-15-25(32)37-24(22)16-23(21)38-27-9-2-4-13-34-27/h5-7,14,20-27,32H,1-4,8-13,15-17H2/t20-,21-,22-,23-,24+,25?,26?,27?/m1/s1. The second kappa shape index (κ2) is 12.8. The van der Waals surface area contributed by atoms with Gasteiger partial charge < -0.3 is 33.5 Å². The zero-order valence-corrected chi connectivity index (χ0v) is 21.7. The molecule has 5 rings (SSSR count). The molecule has 8 atom stereocenters. The van der Waals surface area contributed by atoms with Crippen LogP contribution in [0.1, 0.15) is 69.8 Å². The predicted octanol–water partition coefficient (Wildman–Crippen LogP) is 5.43. The number of hydrogen-bond acceptors (Lipinski definition) is 7. The normalized spacial score (nSPS) is 34.7. The fourth-order valence-electron chi connectivity index (χ4n) is 6.23. The SMILES string of the molecule is OC1C[C@@H]2[C@@H](CC[C@H](COc3cccc(C(F)(F)F)c3)OC3CCCCO3)[C@H](OC3CCCCO3)C[C@@H]2O1. The van der Waals surface area contributed by atoms with E-state index in [2.05, 4.69) is 0 Å². The van der Waals surface area contributed by atoms with Gasteiger partial charge in [0.15, 0.2) is 18.9 Å². The van der Waals surface area contributed by atoms with Gasteiger partial charge >= 0.3 is 6.18 Å². The van der Waals surface area contributed by atoms with Crippen molar-refractivity contribution in [3.05, 3.63) is 29.8 Å². The number of aliphatic hydroxyl groups excluding tert-OH is 1. The summed E-state index contributed by atoms with van der Waals surface area (Å²) in [6.07, 6.45) is 2.18. The molecular weight excluding hydrogens is 505 g/mol. The molecule has 1 aromatic carbocycles. The maximum absolute atomic E-state index is 13.2. The topological polar surface area (TPSA) is 75.6 Å². The van der Waals surface area contributed by atoms with Crippen LogP contribution in [-0.4, -0.2) is 62.1 Å². The average Bonchev–Trinajstić information content (AvgIpc) is 3.42. The summed E-state index contributed by atoms with van der Waals surface area (Å²) < 4.78 is 75.4. The Kier molecular flexibility index (Phi) is 9.49. The molecule has 0 bridgehead atoms. The smallest absolute Gasteiger partial charge is 0.416 e. The van der Waals surface area contributed by atoms with Crippen LogP contribution in [0.25, 0.3) is 0 Å². The van der Waals surface area contributed by atoms with Gasteiger partial charge in [-0.3, -0.25) is 0 Å². The van der Waals surface area contributed by atoms with Crippen LogP contribution in [0.4, 0.5) is 13.2 Å². The largest absolute Gasteiger partial charge is 0.491 e. The monoisotopic (exact) mass is 544 g/mol. The minimum absolute atomic E-state index is 0.0448. The van der Waals surface area contributed by atoms with Crippen molar-refractivity contribution in [3.63, 3.8) is 0 Å². The van der Waals surface area contributed by atoms with Crippen LogP contribution in [0.5, 0.6) is 5.75 Å². The zero-order valence-electron chi connectivity index (χ0n) is 21.7. The molecule has 10 heteroatoms. The number of aliphatic hydroxyl groups is 1. The molecule has 7 nitrogen and oxygen atoms in total. The molecule has 38 heavy (non-hydrogen) atoms. The highest BCUT2D eigenvalue weighted by Crippen LogP contribution is 2.47. The highest BCUT2D eigenvalue weighted by Gasteiger charge is 2.50. The molecule has 3 saturated heterocycles. The Morgan fingerprint density at radius 3 is 2.47 bits per heavy atom. The van der Waals surface area contributed by atoms with E-state index in [1.807, 2.05) is 0 Å². The molecule has 3 heterocycles. The van der Waals surface area contributed by atoms with Gasteiger partial charge in [0.05, 0.1) is 23.9 Å². The molecule has 0 aromatic heterocycles. The minimum Gasteiger partial charge on any atom is -0.491 e.